The number of allylic oxidation sites excluding steroid dienone is 1. The van der Waals surface area contributed by atoms with E-state index in [0.29, 0.717) is 5.92 Å². The molecule has 1 fully saturated rings. The van der Waals surface area contributed by atoms with Crippen molar-refractivity contribution in [1.29, 1.82) is 0 Å². The molecule has 0 radical (unpaired) electrons. The van der Waals surface area contributed by atoms with E-state index in [2.05, 4.69) is 60.2 Å². The number of fused-ring (bicyclic) bond motifs is 2. The average Bonchev–Trinajstić information content (AvgIpc) is 3.62. The lowest BCUT2D eigenvalue weighted by Gasteiger charge is -2.24. The van der Waals surface area contributed by atoms with Gasteiger partial charge in [-0.3, -0.25) is 25.0 Å². The first-order valence-corrected chi connectivity index (χ1v) is 13.4. The maximum atomic E-state index is 4.70. The number of hydrogen-bond donors (Lipinski definition) is 3. The van der Waals surface area contributed by atoms with Crippen LogP contribution in [-0.2, 0) is 0 Å². The lowest BCUT2D eigenvalue weighted by Crippen LogP contribution is -2.14. The number of nitrogens with one attached hydrogen (secondary N) is 3. The Bertz CT molecular complexity index is 1790. The molecule has 6 aromatic rings. The van der Waals surface area contributed by atoms with Gasteiger partial charge in [0.1, 0.15) is 5.69 Å². The third-order valence-corrected chi connectivity index (χ3v) is 7.64. The maximum absolute atomic E-state index is 4.70. The number of anilines is 1. The first-order chi connectivity index (χ1) is 19.2. The molecule has 6 heterocycles. The van der Waals surface area contributed by atoms with Crippen molar-refractivity contribution in [3.05, 3.63) is 85.9 Å². The second-order valence-electron chi connectivity index (χ2n) is 10.2. The molecule has 39 heavy (non-hydrogen) atoms. The minimum atomic E-state index is 0.524. The van der Waals surface area contributed by atoms with Gasteiger partial charge in [-0.1, -0.05) is 25.8 Å². The van der Waals surface area contributed by atoms with E-state index in [4.69, 9.17) is 4.98 Å². The topological polar surface area (TPSA) is 108 Å². The van der Waals surface area contributed by atoms with Crippen LogP contribution in [0.25, 0.3) is 55.7 Å². The summed E-state index contributed by atoms with van der Waals surface area (Å²) in [6, 6.07) is 12.2. The van der Waals surface area contributed by atoms with Gasteiger partial charge in [-0.2, -0.15) is 5.10 Å². The molecular weight excluding hydrogens is 484 g/mol. The van der Waals surface area contributed by atoms with Crippen LogP contribution in [0.5, 0.6) is 0 Å². The largest absolute Gasteiger partial charge is 0.358 e. The van der Waals surface area contributed by atoms with Crippen molar-refractivity contribution >= 4 is 27.5 Å². The average molecular weight is 513 g/mol. The van der Waals surface area contributed by atoms with Crippen molar-refractivity contribution in [2.75, 3.05) is 5.32 Å². The fourth-order valence-electron chi connectivity index (χ4n) is 5.59. The molecule has 0 unspecified atom stereocenters. The third-order valence-electron chi connectivity index (χ3n) is 7.64. The van der Waals surface area contributed by atoms with Gasteiger partial charge in [0, 0.05) is 57.9 Å². The summed E-state index contributed by atoms with van der Waals surface area (Å²) in [6.45, 7) is 4.32. The normalized spacial score (nSPS) is 14.2. The third kappa shape index (κ3) is 4.44. The zero-order valence-corrected chi connectivity index (χ0v) is 21.5. The molecule has 1 aliphatic carbocycles. The summed E-state index contributed by atoms with van der Waals surface area (Å²) in [6.07, 6.45) is 17.2. The summed E-state index contributed by atoms with van der Waals surface area (Å²) < 4.78 is 0. The Morgan fingerprint density at radius 3 is 2.51 bits per heavy atom. The van der Waals surface area contributed by atoms with Gasteiger partial charge in [0.05, 0.1) is 40.7 Å². The maximum Gasteiger partial charge on any atom is 0.116 e. The monoisotopic (exact) mass is 512 g/mol. The van der Waals surface area contributed by atoms with Gasteiger partial charge in [0.2, 0.25) is 0 Å². The second-order valence-corrected chi connectivity index (χ2v) is 10.2. The molecule has 0 spiro atoms. The zero-order chi connectivity index (χ0) is 26.2. The fourth-order valence-corrected chi connectivity index (χ4v) is 5.59. The van der Waals surface area contributed by atoms with E-state index in [1.54, 1.807) is 12.4 Å². The van der Waals surface area contributed by atoms with E-state index in [1.807, 2.05) is 43.0 Å². The predicted molar refractivity (Wildman–Crippen MR) is 155 cm³/mol. The van der Waals surface area contributed by atoms with Crippen molar-refractivity contribution in [3.63, 3.8) is 0 Å². The molecule has 0 aliphatic heterocycles. The molecule has 8 heteroatoms. The summed E-state index contributed by atoms with van der Waals surface area (Å²) >= 11 is 0. The lowest BCUT2D eigenvalue weighted by atomic mass is 9.87. The quantitative estimate of drug-likeness (QED) is 0.219. The van der Waals surface area contributed by atoms with Crippen molar-refractivity contribution in [1.82, 2.24) is 35.1 Å². The second kappa shape index (κ2) is 9.79. The number of H-pyrrole nitrogens is 2. The van der Waals surface area contributed by atoms with Crippen LogP contribution in [0.3, 0.4) is 0 Å². The zero-order valence-electron chi connectivity index (χ0n) is 21.5. The first kappa shape index (κ1) is 23.3. The van der Waals surface area contributed by atoms with Gasteiger partial charge in [0.15, 0.2) is 0 Å². The lowest BCUT2D eigenvalue weighted by molar-refractivity contribution is 0.405. The van der Waals surface area contributed by atoms with Crippen molar-refractivity contribution in [2.45, 2.75) is 32.1 Å². The van der Waals surface area contributed by atoms with Gasteiger partial charge < -0.3 is 10.3 Å². The predicted octanol–water partition coefficient (Wildman–Crippen LogP) is 7.13. The van der Waals surface area contributed by atoms with E-state index in [9.17, 15) is 0 Å². The van der Waals surface area contributed by atoms with E-state index >= 15 is 0 Å². The standard InChI is InChI=1S/C31H28N8/c1-19(20-5-3-2-4-6-20)36-23-13-22(16-33-17-23)27-14-25-29(18-35-27)38-39-31(25)28-15-24-26(37-28)9-12-34-30(24)21-7-10-32-11-8-21/h7-18,20,36-37H,1-6H2,(H,38,39). The highest BCUT2D eigenvalue weighted by atomic mass is 15.1. The summed E-state index contributed by atoms with van der Waals surface area (Å²) in [7, 11) is 0. The Balaban J connectivity index is 1.23. The van der Waals surface area contributed by atoms with Crippen molar-refractivity contribution < 1.29 is 0 Å². The van der Waals surface area contributed by atoms with Crippen LogP contribution < -0.4 is 5.32 Å². The van der Waals surface area contributed by atoms with E-state index < -0.39 is 0 Å². The van der Waals surface area contributed by atoms with E-state index in [0.717, 1.165) is 67.1 Å². The van der Waals surface area contributed by atoms with E-state index in [1.165, 1.54) is 32.1 Å². The van der Waals surface area contributed by atoms with Crippen LogP contribution in [0.15, 0.2) is 85.9 Å². The summed E-state index contributed by atoms with van der Waals surface area (Å²) in [4.78, 5) is 21.5. The highest BCUT2D eigenvalue weighted by Gasteiger charge is 2.18. The number of rotatable bonds is 6. The van der Waals surface area contributed by atoms with Gasteiger partial charge in [-0.15, -0.1) is 0 Å². The summed E-state index contributed by atoms with van der Waals surface area (Å²) in [5, 5.41) is 13.3. The van der Waals surface area contributed by atoms with Gasteiger partial charge in [-0.05, 0) is 55.2 Å². The molecule has 1 aliphatic rings. The molecular formula is C31H28N8. The Hall–Kier alpha value is -4.85. The van der Waals surface area contributed by atoms with Crippen LogP contribution in [-0.4, -0.2) is 35.1 Å². The Kier molecular flexibility index (Phi) is 5.85. The smallest absolute Gasteiger partial charge is 0.116 e. The molecule has 0 atom stereocenters. The van der Waals surface area contributed by atoms with Crippen LogP contribution >= 0.6 is 0 Å². The summed E-state index contributed by atoms with van der Waals surface area (Å²) in [5.74, 6) is 0.524. The minimum Gasteiger partial charge on any atom is -0.358 e. The highest BCUT2D eigenvalue weighted by molar-refractivity contribution is 6.00. The number of aromatic amines is 2. The molecule has 0 saturated heterocycles. The molecule has 192 valence electrons. The van der Waals surface area contributed by atoms with E-state index in [-0.39, 0.29) is 0 Å². The summed E-state index contributed by atoms with van der Waals surface area (Å²) in [5.41, 5.74) is 9.32. The number of hydrogen-bond acceptors (Lipinski definition) is 6. The SMILES string of the molecule is C=C(Nc1cncc(-c2cc3c(-c4cc5c(-c6ccncc6)nccc5[nH]4)n[nH]c3cn2)c1)C1CCCCC1. The molecule has 1 saturated carbocycles. The molecule has 6 aromatic heterocycles. The molecule has 8 nitrogen and oxygen atoms in total. The fraction of sp³-hybridized carbons (Fsp3) is 0.194. The Labute approximate surface area is 225 Å². The number of pyridine rings is 4. The Morgan fingerprint density at radius 2 is 1.64 bits per heavy atom. The van der Waals surface area contributed by atoms with Crippen LogP contribution in [0, 0.1) is 5.92 Å². The minimum absolute atomic E-state index is 0.524. The van der Waals surface area contributed by atoms with Crippen LogP contribution in [0.2, 0.25) is 0 Å². The van der Waals surface area contributed by atoms with Crippen LogP contribution in [0.4, 0.5) is 5.69 Å². The number of nitrogens with zero attached hydrogens (tertiary/aromatic N) is 5. The molecule has 7 rings (SSSR count). The van der Waals surface area contributed by atoms with Gasteiger partial charge >= 0.3 is 0 Å². The van der Waals surface area contributed by atoms with Crippen molar-refractivity contribution in [3.8, 4) is 33.9 Å². The van der Waals surface area contributed by atoms with Crippen LogP contribution in [0.1, 0.15) is 32.1 Å². The first-order valence-electron chi connectivity index (χ1n) is 13.4. The molecule has 0 bridgehead atoms. The molecule has 0 amide bonds. The van der Waals surface area contributed by atoms with Gasteiger partial charge in [-0.25, -0.2) is 0 Å². The molecule has 0 aromatic carbocycles. The van der Waals surface area contributed by atoms with Gasteiger partial charge in [0.25, 0.3) is 0 Å². The Morgan fingerprint density at radius 1 is 0.795 bits per heavy atom. The number of aromatic nitrogens is 7. The van der Waals surface area contributed by atoms with Crippen molar-refractivity contribution in [2.24, 2.45) is 5.92 Å². The molecule has 3 N–H and O–H groups in total. The highest BCUT2D eigenvalue weighted by Crippen LogP contribution is 2.34.